The van der Waals surface area contributed by atoms with Crippen LogP contribution in [0.2, 0.25) is 0 Å². The Morgan fingerprint density at radius 2 is 1.77 bits per heavy atom. The van der Waals surface area contributed by atoms with Gasteiger partial charge in [0.1, 0.15) is 17.8 Å². The number of hydrogen-bond donors (Lipinski definition) is 5. The van der Waals surface area contributed by atoms with Crippen molar-refractivity contribution in [2.45, 2.75) is 65.3 Å². The summed E-state index contributed by atoms with van der Waals surface area (Å²) in [6.07, 6.45) is -2.95. The van der Waals surface area contributed by atoms with Crippen LogP contribution < -0.4 is 5.73 Å². The zero-order valence-corrected chi connectivity index (χ0v) is 25.4. The number of rotatable bonds is 3. The SMILES string of the molecule is Cc1cc(I)cc(-c2ccc(O)c3c2C[C@]2(C)C[C@]4(C)[C@@H](C(C)C)C(O)[C@@H](C(N)=O)C(=O)[C@]4(O)C(O)[C@H]2C3=O)c1. The molecule has 6 N–H and O–H groups in total. The molecule has 2 saturated carbocycles. The van der Waals surface area contributed by atoms with Gasteiger partial charge in [-0.25, -0.2) is 0 Å². The van der Waals surface area contributed by atoms with Crippen molar-refractivity contribution in [3.63, 3.8) is 0 Å². The van der Waals surface area contributed by atoms with E-state index in [0.717, 1.165) is 20.3 Å². The van der Waals surface area contributed by atoms with Crippen LogP contribution >= 0.6 is 22.6 Å². The number of phenols is 1. The molecule has 0 saturated heterocycles. The molecular formula is C31H36INO7. The molecule has 9 heteroatoms. The van der Waals surface area contributed by atoms with Gasteiger partial charge in [0.05, 0.1) is 17.6 Å². The smallest absolute Gasteiger partial charge is 0.230 e. The van der Waals surface area contributed by atoms with Crippen LogP contribution in [0.4, 0.5) is 0 Å². The number of fused-ring (bicyclic) bond motifs is 3. The van der Waals surface area contributed by atoms with Crippen LogP contribution in [0.15, 0.2) is 30.3 Å². The number of carbonyl (C=O) groups excluding carboxylic acids is 3. The first-order chi connectivity index (χ1) is 18.5. The molecule has 214 valence electrons. The second-order valence-electron chi connectivity index (χ2n) is 13.0. The third kappa shape index (κ3) is 3.77. The fourth-order valence-electron chi connectivity index (χ4n) is 8.69. The van der Waals surface area contributed by atoms with E-state index >= 15 is 0 Å². The maximum Gasteiger partial charge on any atom is 0.230 e. The second kappa shape index (κ2) is 9.34. The van der Waals surface area contributed by atoms with Gasteiger partial charge in [0.2, 0.25) is 5.91 Å². The standard InChI is InChI=1S/C31H36INO7/c1-13(2)22-25(36)21(28(33)39)26(37)31(40)27(38)23-24(35)20-18(11-29(23,4)12-30(22,31)5)17(6-7-19(20)34)15-8-14(3)9-16(32)10-15/h6-10,13,21-23,25,27,34,36,38,40H,11-12H2,1-5H3,(H2,33,39)/t21-,22+,23-,25?,27?,29-,30-,31+/m1/s1. The van der Waals surface area contributed by atoms with Crippen molar-refractivity contribution < 1.29 is 34.8 Å². The van der Waals surface area contributed by atoms with Gasteiger partial charge in [0.15, 0.2) is 17.2 Å². The van der Waals surface area contributed by atoms with Crippen LogP contribution in [-0.2, 0) is 16.0 Å². The largest absolute Gasteiger partial charge is 0.507 e. The van der Waals surface area contributed by atoms with Crippen LogP contribution in [0.25, 0.3) is 11.1 Å². The van der Waals surface area contributed by atoms with Crippen LogP contribution in [0.3, 0.4) is 0 Å². The van der Waals surface area contributed by atoms with Crippen molar-refractivity contribution in [2.75, 3.05) is 0 Å². The summed E-state index contributed by atoms with van der Waals surface area (Å²) < 4.78 is 1.02. The molecule has 2 aromatic carbocycles. The lowest BCUT2D eigenvalue weighted by molar-refractivity contribution is -0.265. The van der Waals surface area contributed by atoms with Crippen molar-refractivity contribution in [1.29, 1.82) is 0 Å². The Labute approximate surface area is 247 Å². The van der Waals surface area contributed by atoms with Crippen molar-refractivity contribution in [3.8, 4) is 16.9 Å². The fourth-order valence-corrected chi connectivity index (χ4v) is 9.52. The molecule has 40 heavy (non-hydrogen) atoms. The van der Waals surface area contributed by atoms with E-state index in [4.69, 9.17) is 5.73 Å². The number of aliphatic hydroxyl groups is 3. The lowest BCUT2D eigenvalue weighted by Crippen LogP contribution is -2.79. The van der Waals surface area contributed by atoms with Crippen LogP contribution in [-0.4, -0.2) is 55.7 Å². The third-order valence-electron chi connectivity index (χ3n) is 10.0. The fraction of sp³-hybridized carbons (Fsp3) is 0.516. The average molecular weight is 662 g/mol. The summed E-state index contributed by atoms with van der Waals surface area (Å²) in [7, 11) is 0. The summed E-state index contributed by atoms with van der Waals surface area (Å²) in [5.41, 5.74) is 4.11. The quantitative estimate of drug-likeness (QED) is 0.250. The van der Waals surface area contributed by atoms with E-state index in [0.29, 0.717) is 5.56 Å². The van der Waals surface area contributed by atoms with Crippen molar-refractivity contribution in [3.05, 3.63) is 50.6 Å². The molecule has 0 heterocycles. The summed E-state index contributed by atoms with van der Waals surface area (Å²) >= 11 is 2.24. The van der Waals surface area contributed by atoms with Gasteiger partial charge in [-0.1, -0.05) is 39.8 Å². The number of Topliss-reactive ketones (excluding diaryl/α,β-unsaturated/α-hetero) is 2. The van der Waals surface area contributed by atoms with E-state index in [9.17, 15) is 34.8 Å². The molecule has 3 aliphatic rings. The van der Waals surface area contributed by atoms with Gasteiger partial charge in [-0.15, -0.1) is 0 Å². The molecule has 0 radical (unpaired) electrons. The highest BCUT2D eigenvalue weighted by Crippen LogP contribution is 2.66. The number of ketones is 2. The minimum atomic E-state index is -2.52. The van der Waals surface area contributed by atoms with Gasteiger partial charge >= 0.3 is 0 Å². The molecule has 8 atom stereocenters. The minimum absolute atomic E-state index is 0.0675. The van der Waals surface area contributed by atoms with Crippen molar-refractivity contribution >= 4 is 40.1 Å². The number of aryl methyl sites for hydroxylation is 1. The third-order valence-corrected chi connectivity index (χ3v) is 10.6. The highest BCUT2D eigenvalue weighted by Gasteiger charge is 2.75. The van der Waals surface area contributed by atoms with Gasteiger partial charge in [0, 0.05) is 8.99 Å². The number of halogens is 1. The number of nitrogens with two attached hydrogens (primary N) is 1. The first kappa shape index (κ1) is 29.2. The lowest BCUT2D eigenvalue weighted by atomic mass is 9.39. The summed E-state index contributed by atoms with van der Waals surface area (Å²) in [4.78, 5) is 40.4. The normalized spacial score (nSPS) is 37.1. The van der Waals surface area contributed by atoms with Gasteiger partial charge in [-0.3, -0.25) is 14.4 Å². The van der Waals surface area contributed by atoms with E-state index in [1.807, 2.05) is 45.9 Å². The van der Waals surface area contributed by atoms with E-state index in [2.05, 4.69) is 22.6 Å². The Bertz CT molecular complexity index is 1440. The zero-order chi connectivity index (χ0) is 29.7. The molecule has 0 bridgehead atoms. The van der Waals surface area contributed by atoms with Crippen molar-refractivity contribution in [2.24, 2.45) is 40.2 Å². The first-order valence-electron chi connectivity index (χ1n) is 13.6. The number of carbonyl (C=O) groups is 3. The monoisotopic (exact) mass is 661 g/mol. The van der Waals surface area contributed by atoms with Gasteiger partial charge in [-0.2, -0.15) is 0 Å². The first-order valence-corrected chi connectivity index (χ1v) is 14.7. The van der Waals surface area contributed by atoms with E-state index in [1.54, 1.807) is 13.0 Å². The maximum absolute atomic E-state index is 14.2. The highest BCUT2D eigenvalue weighted by molar-refractivity contribution is 14.1. The molecule has 2 unspecified atom stereocenters. The zero-order valence-electron chi connectivity index (χ0n) is 23.2. The number of aliphatic hydroxyl groups excluding tert-OH is 2. The molecule has 5 rings (SSSR count). The van der Waals surface area contributed by atoms with E-state index in [1.165, 1.54) is 6.07 Å². The molecule has 3 aliphatic carbocycles. The molecule has 0 spiro atoms. The van der Waals surface area contributed by atoms with Gasteiger partial charge < -0.3 is 26.2 Å². The highest BCUT2D eigenvalue weighted by atomic mass is 127. The summed E-state index contributed by atoms with van der Waals surface area (Å²) in [5, 5.41) is 46.3. The van der Waals surface area contributed by atoms with E-state index in [-0.39, 0.29) is 30.1 Å². The Hall–Kier alpha value is -2.34. The predicted octanol–water partition coefficient (Wildman–Crippen LogP) is 3.15. The number of primary amides is 1. The van der Waals surface area contributed by atoms with Gasteiger partial charge in [0.25, 0.3) is 0 Å². The second-order valence-corrected chi connectivity index (χ2v) is 14.2. The average Bonchev–Trinajstić information content (AvgIpc) is 2.80. The Morgan fingerprint density at radius 1 is 1.12 bits per heavy atom. The van der Waals surface area contributed by atoms with Crippen LogP contribution in [0.5, 0.6) is 5.75 Å². The number of amides is 1. The topological polar surface area (TPSA) is 158 Å². The Kier molecular flexibility index (Phi) is 6.81. The molecule has 2 aromatic rings. The molecule has 0 aromatic heterocycles. The molecule has 8 nitrogen and oxygen atoms in total. The van der Waals surface area contributed by atoms with Crippen molar-refractivity contribution in [1.82, 2.24) is 0 Å². The summed E-state index contributed by atoms with van der Waals surface area (Å²) in [5.74, 6) is -6.99. The number of phenolic OH excluding ortho intramolecular Hbond substituents is 1. The summed E-state index contributed by atoms with van der Waals surface area (Å²) in [6, 6.07) is 9.30. The van der Waals surface area contributed by atoms with Crippen LogP contribution in [0, 0.1) is 45.0 Å². The molecular weight excluding hydrogens is 625 g/mol. The van der Waals surface area contributed by atoms with E-state index < -0.39 is 63.9 Å². The lowest BCUT2D eigenvalue weighted by Gasteiger charge is -2.66. The molecule has 0 aliphatic heterocycles. The molecule has 2 fully saturated rings. The summed E-state index contributed by atoms with van der Waals surface area (Å²) in [6.45, 7) is 9.15. The predicted molar refractivity (Wildman–Crippen MR) is 156 cm³/mol. The Morgan fingerprint density at radius 3 is 2.35 bits per heavy atom. The Balaban J connectivity index is 1.74. The maximum atomic E-state index is 14.2. The molecule has 1 amide bonds. The van der Waals surface area contributed by atoms with Crippen LogP contribution in [0.1, 0.15) is 55.6 Å². The number of aromatic hydroxyl groups is 1. The van der Waals surface area contributed by atoms with Gasteiger partial charge in [-0.05, 0) is 100 Å². The number of hydrogen-bond acceptors (Lipinski definition) is 7. The minimum Gasteiger partial charge on any atom is -0.507 e. The number of benzene rings is 2.